The van der Waals surface area contributed by atoms with E-state index in [1.807, 2.05) is 18.2 Å². The van der Waals surface area contributed by atoms with Crippen LogP contribution in [0.25, 0.3) is 0 Å². The van der Waals surface area contributed by atoms with Crippen LogP contribution in [0.5, 0.6) is 5.75 Å². The van der Waals surface area contributed by atoms with Crippen molar-refractivity contribution in [1.82, 2.24) is 0 Å². The van der Waals surface area contributed by atoms with Gasteiger partial charge in [-0.25, -0.2) is 0 Å². The van der Waals surface area contributed by atoms with E-state index in [0.717, 1.165) is 25.3 Å². The van der Waals surface area contributed by atoms with E-state index in [4.69, 9.17) is 10.5 Å². The van der Waals surface area contributed by atoms with Gasteiger partial charge in [0, 0.05) is 0 Å². The molecule has 0 atom stereocenters. The zero-order valence-electron chi connectivity index (χ0n) is 12.7. The first-order valence-corrected chi connectivity index (χ1v) is 7.56. The molecule has 0 heterocycles. The van der Waals surface area contributed by atoms with Crippen LogP contribution in [-0.4, -0.2) is 13.2 Å². The molecule has 1 rings (SSSR count). The van der Waals surface area contributed by atoms with E-state index in [9.17, 15) is 0 Å². The van der Waals surface area contributed by atoms with Crippen molar-refractivity contribution >= 4 is 0 Å². The minimum absolute atomic E-state index is 0.350. The summed E-state index contributed by atoms with van der Waals surface area (Å²) in [6, 6.07) is 8.19. The van der Waals surface area contributed by atoms with Crippen molar-refractivity contribution in [3.8, 4) is 5.75 Å². The Hall–Kier alpha value is -1.02. The highest BCUT2D eigenvalue weighted by atomic mass is 16.5. The van der Waals surface area contributed by atoms with E-state index in [2.05, 4.69) is 26.8 Å². The lowest BCUT2D eigenvalue weighted by Crippen LogP contribution is -2.29. The standard InChI is InChI=1S/C17H29NO/c1-4-17(5-2,14-18)12-8-9-13-19-16-11-7-6-10-15(16)3/h6-7,10-11H,4-5,8-9,12-14,18H2,1-3H3. The molecule has 0 aliphatic rings. The fraction of sp³-hybridized carbons (Fsp3) is 0.647. The maximum absolute atomic E-state index is 5.92. The van der Waals surface area contributed by atoms with Gasteiger partial charge in [-0.05, 0) is 62.6 Å². The van der Waals surface area contributed by atoms with Gasteiger partial charge in [-0.15, -0.1) is 0 Å². The van der Waals surface area contributed by atoms with Gasteiger partial charge in [0.1, 0.15) is 5.75 Å². The minimum Gasteiger partial charge on any atom is -0.493 e. The molecule has 1 aromatic carbocycles. The van der Waals surface area contributed by atoms with Crippen molar-refractivity contribution in [1.29, 1.82) is 0 Å². The first-order valence-electron chi connectivity index (χ1n) is 7.56. The molecule has 0 bridgehead atoms. The number of aryl methyl sites for hydroxylation is 1. The summed E-state index contributed by atoms with van der Waals surface area (Å²) in [7, 11) is 0. The van der Waals surface area contributed by atoms with E-state index >= 15 is 0 Å². The summed E-state index contributed by atoms with van der Waals surface area (Å²) >= 11 is 0. The fourth-order valence-electron chi connectivity index (χ4n) is 2.50. The molecule has 108 valence electrons. The number of benzene rings is 1. The molecule has 0 aliphatic carbocycles. The molecular formula is C17H29NO. The second-order valence-electron chi connectivity index (χ2n) is 5.48. The van der Waals surface area contributed by atoms with E-state index in [1.165, 1.54) is 31.2 Å². The number of rotatable bonds is 9. The van der Waals surface area contributed by atoms with Gasteiger partial charge < -0.3 is 10.5 Å². The highest BCUT2D eigenvalue weighted by Crippen LogP contribution is 2.31. The largest absolute Gasteiger partial charge is 0.493 e. The summed E-state index contributed by atoms with van der Waals surface area (Å²) in [4.78, 5) is 0. The Balaban J connectivity index is 2.26. The molecule has 2 nitrogen and oxygen atoms in total. The zero-order chi connectivity index (χ0) is 14.1. The number of ether oxygens (including phenoxy) is 1. The first-order chi connectivity index (χ1) is 9.17. The zero-order valence-corrected chi connectivity index (χ0v) is 12.7. The van der Waals surface area contributed by atoms with Crippen LogP contribution in [0.15, 0.2) is 24.3 Å². The Morgan fingerprint density at radius 3 is 2.37 bits per heavy atom. The van der Waals surface area contributed by atoms with Crippen molar-refractivity contribution in [2.75, 3.05) is 13.2 Å². The first kappa shape index (κ1) is 16.0. The number of hydrogen-bond acceptors (Lipinski definition) is 2. The summed E-state index contributed by atoms with van der Waals surface area (Å²) < 4.78 is 5.82. The van der Waals surface area contributed by atoms with E-state index < -0.39 is 0 Å². The maximum atomic E-state index is 5.92. The van der Waals surface area contributed by atoms with Gasteiger partial charge in [-0.1, -0.05) is 32.0 Å². The van der Waals surface area contributed by atoms with E-state index in [0.29, 0.717) is 5.41 Å². The molecular weight excluding hydrogens is 234 g/mol. The lowest BCUT2D eigenvalue weighted by molar-refractivity contribution is 0.227. The Kier molecular flexibility index (Phi) is 6.93. The van der Waals surface area contributed by atoms with Crippen molar-refractivity contribution in [3.05, 3.63) is 29.8 Å². The molecule has 1 aromatic rings. The molecule has 0 saturated heterocycles. The molecule has 2 N–H and O–H groups in total. The van der Waals surface area contributed by atoms with Gasteiger partial charge in [0.2, 0.25) is 0 Å². The lowest BCUT2D eigenvalue weighted by atomic mass is 9.78. The molecule has 0 aliphatic heterocycles. The van der Waals surface area contributed by atoms with Gasteiger partial charge in [0.05, 0.1) is 6.61 Å². The van der Waals surface area contributed by atoms with Crippen LogP contribution in [0.4, 0.5) is 0 Å². The van der Waals surface area contributed by atoms with Gasteiger partial charge in [0.25, 0.3) is 0 Å². The van der Waals surface area contributed by atoms with Gasteiger partial charge in [-0.2, -0.15) is 0 Å². The van der Waals surface area contributed by atoms with Crippen LogP contribution in [0.2, 0.25) is 0 Å². The Morgan fingerprint density at radius 2 is 1.79 bits per heavy atom. The van der Waals surface area contributed by atoms with Crippen LogP contribution < -0.4 is 10.5 Å². The predicted molar refractivity (Wildman–Crippen MR) is 82.6 cm³/mol. The van der Waals surface area contributed by atoms with Crippen molar-refractivity contribution < 1.29 is 4.74 Å². The van der Waals surface area contributed by atoms with Crippen LogP contribution in [0.3, 0.4) is 0 Å². The third kappa shape index (κ3) is 4.87. The van der Waals surface area contributed by atoms with Crippen LogP contribution >= 0.6 is 0 Å². The number of para-hydroxylation sites is 1. The normalized spacial score (nSPS) is 11.6. The van der Waals surface area contributed by atoms with Crippen molar-refractivity contribution in [3.63, 3.8) is 0 Å². The average Bonchev–Trinajstić information content (AvgIpc) is 2.45. The lowest BCUT2D eigenvalue weighted by Gasteiger charge is -2.30. The quantitative estimate of drug-likeness (QED) is 0.674. The summed E-state index contributed by atoms with van der Waals surface area (Å²) in [5, 5.41) is 0. The van der Waals surface area contributed by atoms with Gasteiger partial charge in [0.15, 0.2) is 0 Å². The Morgan fingerprint density at radius 1 is 1.11 bits per heavy atom. The van der Waals surface area contributed by atoms with Crippen LogP contribution in [0, 0.1) is 12.3 Å². The number of unbranched alkanes of at least 4 members (excludes halogenated alkanes) is 1. The third-order valence-electron chi connectivity index (χ3n) is 4.39. The van der Waals surface area contributed by atoms with E-state index in [-0.39, 0.29) is 0 Å². The highest BCUT2D eigenvalue weighted by Gasteiger charge is 2.23. The molecule has 0 radical (unpaired) electrons. The summed E-state index contributed by atoms with van der Waals surface area (Å²) in [6.45, 7) is 8.20. The molecule has 0 spiro atoms. The molecule has 0 saturated carbocycles. The fourth-order valence-corrected chi connectivity index (χ4v) is 2.50. The van der Waals surface area contributed by atoms with Gasteiger partial charge >= 0.3 is 0 Å². The second kappa shape index (κ2) is 8.21. The van der Waals surface area contributed by atoms with Gasteiger partial charge in [-0.3, -0.25) is 0 Å². The summed E-state index contributed by atoms with van der Waals surface area (Å²) in [5.41, 5.74) is 7.48. The van der Waals surface area contributed by atoms with E-state index in [1.54, 1.807) is 0 Å². The highest BCUT2D eigenvalue weighted by molar-refractivity contribution is 5.31. The monoisotopic (exact) mass is 263 g/mol. The molecule has 0 unspecified atom stereocenters. The Bertz CT molecular complexity index is 350. The van der Waals surface area contributed by atoms with Crippen molar-refractivity contribution in [2.24, 2.45) is 11.1 Å². The molecule has 0 fully saturated rings. The molecule has 19 heavy (non-hydrogen) atoms. The second-order valence-corrected chi connectivity index (χ2v) is 5.48. The SMILES string of the molecule is CCC(CC)(CN)CCCCOc1ccccc1C. The predicted octanol–water partition coefficient (Wildman–Crippen LogP) is 4.31. The maximum Gasteiger partial charge on any atom is 0.122 e. The molecule has 0 amide bonds. The Labute approximate surface area is 118 Å². The third-order valence-corrected chi connectivity index (χ3v) is 4.39. The smallest absolute Gasteiger partial charge is 0.122 e. The van der Waals surface area contributed by atoms with Crippen LogP contribution in [-0.2, 0) is 0 Å². The van der Waals surface area contributed by atoms with Crippen LogP contribution in [0.1, 0.15) is 51.5 Å². The van der Waals surface area contributed by atoms with Crippen molar-refractivity contribution in [2.45, 2.75) is 52.9 Å². The molecule has 0 aromatic heterocycles. The summed E-state index contributed by atoms with van der Waals surface area (Å²) in [5.74, 6) is 1.01. The number of nitrogens with two attached hydrogens (primary N) is 1. The minimum atomic E-state index is 0.350. The summed E-state index contributed by atoms with van der Waals surface area (Å²) in [6.07, 6.45) is 5.88. The topological polar surface area (TPSA) is 35.2 Å². The molecule has 2 heteroatoms. The number of hydrogen-bond donors (Lipinski definition) is 1. The average molecular weight is 263 g/mol.